The monoisotopic (exact) mass is 317 g/mol. The van der Waals surface area contributed by atoms with Crippen molar-refractivity contribution in [3.8, 4) is 0 Å². The highest BCUT2D eigenvalue weighted by atomic mass is 16.5. The Kier molecular flexibility index (Phi) is 4.93. The number of benzene rings is 1. The molecule has 23 heavy (non-hydrogen) atoms. The Labute approximate surface area is 135 Å². The van der Waals surface area contributed by atoms with Crippen LogP contribution in [0, 0.1) is 13.8 Å². The van der Waals surface area contributed by atoms with Gasteiger partial charge in [0.25, 0.3) is 0 Å². The highest BCUT2D eigenvalue weighted by molar-refractivity contribution is 5.80. The molecule has 0 radical (unpaired) electrons. The van der Waals surface area contributed by atoms with E-state index in [9.17, 15) is 4.79 Å². The molecule has 0 aliphatic carbocycles. The van der Waals surface area contributed by atoms with E-state index < -0.39 is 0 Å². The summed E-state index contributed by atoms with van der Waals surface area (Å²) in [4.78, 5) is 19.6. The SMILES string of the molecule is Cc1ccc2[nH]c(CNC(=O)COC[C@@H]3CCCO3)nc2c1C. The second-order valence-electron chi connectivity index (χ2n) is 6.01. The van der Waals surface area contributed by atoms with Crippen molar-refractivity contribution in [1.82, 2.24) is 15.3 Å². The van der Waals surface area contributed by atoms with Gasteiger partial charge in [-0.2, -0.15) is 0 Å². The van der Waals surface area contributed by atoms with E-state index in [1.54, 1.807) is 0 Å². The first kappa shape index (κ1) is 16.0. The molecule has 6 heteroatoms. The maximum Gasteiger partial charge on any atom is 0.246 e. The summed E-state index contributed by atoms with van der Waals surface area (Å²) in [6.07, 6.45) is 2.23. The quantitative estimate of drug-likeness (QED) is 0.854. The van der Waals surface area contributed by atoms with Crippen molar-refractivity contribution in [2.45, 2.75) is 39.3 Å². The zero-order valence-electron chi connectivity index (χ0n) is 13.6. The lowest BCUT2D eigenvalue weighted by Gasteiger charge is -2.09. The number of nitrogens with one attached hydrogen (secondary N) is 2. The Morgan fingerprint density at radius 3 is 3.13 bits per heavy atom. The minimum atomic E-state index is -0.142. The molecule has 6 nitrogen and oxygen atoms in total. The van der Waals surface area contributed by atoms with Gasteiger partial charge in [0.1, 0.15) is 12.4 Å². The van der Waals surface area contributed by atoms with Gasteiger partial charge in [0.05, 0.1) is 30.3 Å². The molecule has 0 unspecified atom stereocenters. The number of amides is 1. The minimum Gasteiger partial charge on any atom is -0.376 e. The highest BCUT2D eigenvalue weighted by Gasteiger charge is 2.16. The second-order valence-corrected chi connectivity index (χ2v) is 6.01. The topological polar surface area (TPSA) is 76.2 Å². The number of aryl methyl sites for hydroxylation is 2. The van der Waals surface area contributed by atoms with E-state index in [1.165, 1.54) is 5.56 Å². The van der Waals surface area contributed by atoms with E-state index >= 15 is 0 Å². The number of carbonyl (C=O) groups is 1. The first-order chi connectivity index (χ1) is 11.1. The van der Waals surface area contributed by atoms with Gasteiger partial charge in [0, 0.05) is 6.61 Å². The Balaban J connectivity index is 1.47. The molecule has 0 bridgehead atoms. The number of fused-ring (bicyclic) bond motifs is 1. The molecule has 124 valence electrons. The number of aromatic amines is 1. The average molecular weight is 317 g/mol. The summed E-state index contributed by atoms with van der Waals surface area (Å²) in [6.45, 7) is 5.82. The molecule has 2 aromatic rings. The van der Waals surface area contributed by atoms with Crippen LogP contribution in [-0.4, -0.2) is 41.8 Å². The molecular formula is C17H23N3O3. The molecule has 0 saturated carbocycles. The number of carbonyl (C=O) groups excluding carboxylic acids is 1. The van der Waals surface area contributed by atoms with Crippen molar-refractivity contribution >= 4 is 16.9 Å². The largest absolute Gasteiger partial charge is 0.376 e. The lowest BCUT2D eigenvalue weighted by Crippen LogP contribution is -2.29. The zero-order chi connectivity index (χ0) is 16.2. The molecule has 1 saturated heterocycles. The molecule has 1 fully saturated rings. The van der Waals surface area contributed by atoms with Crippen LogP contribution in [0.5, 0.6) is 0 Å². The third-order valence-corrected chi connectivity index (χ3v) is 4.24. The number of hydrogen-bond donors (Lipinski definition) is 2. The van der Waals surface area contributed by atoms with Crippen molar-refractivity contribution < 1.29 is 14.3 Å². The fourth-order valence-electron chi connectivity index (χ4n) is 2.74. The fraction of sp³-hybridized carbons (Fsp3) is 0.529. The van der Waals surface area contributed by atoms with Crippen LogP contribution in [-0.2, 0) is 20.8 Å². The average Bonchev–Trinajstić information content (AvgIpc) is 3.18. The molecule has 2 heterocycles. The summed E-state index contributed by atoms with van der Waals surface area (Å²) < 4.78 is 10.8. The van der Waals surface area contributed by atoms with Crippen molar-refractivity contribution in [3.05, 3.63) is 29.1 Å². The molecule has 1 aromatic carbocycles. The number of nitrogens with zero attached hydrogens (tertiary/aromatic N) is 1. The van der Waals surface area contributed by atoms with Crippen LogP contribution in [0.25, 0.3) is 11.0 Å². The molecule has 1 aromatic heterocycles. The number of imidazole rings is 1. The minimum absolute atomic E-state index is 0.0538. The number of hydrogen-bond acceptors (Lipinski definition) is 4. The van der Waals surface area contributed by atoms with Gasteiger partial charge < -0.3 is 19.8 Å². The van der Waals surface area contributed by atoms with Crippen LogP contribution in [0.1, 0.15) is 29.8 Å². The smallest absolute Gasteiger partial charge is 0.246 e. The van der Waals surface area contributed by atoms with E-state index in [4.69, 9.17) is 9.47 Å². The van der Waals surface area contributed by atoms with Gasteiger partial charge in [0.15, 0.2) is 0 Å². The molecule has 1 atom stereocenters. The van der Waals surface area contributed by atoms with Gasteiger partial charge in [-0.15, -0.1) is 0 Å². The van der Waals surface area contributed by atoms with Gasteiger partial charge in [-0.3, -0.25) is 4.79 Å². The van der Waals surface area contributed by atoms with Gasteiger partial charge in [0.2, 0.25) is 5.91 Å². The maximum absolute atomic E-state index is 11.8. The summed E-state index contributed by atoms with van der Waals surface area (Å²) >= 11 is 0. The van der Waals surface area contributed by atoms with Crippen molar-refractivity contribution in [2.24, 2.45) is 0 Å². The summed E-state index contributed by atoms with van der Waals surface area (Å²) in [6, 6.07) is 4.08. The van der Waals surface area contributed by atoms with E-state index in [0.29, 0.717) is 13.2 Å². The van der Waals surface area contributed by atoms with E-state index in [2.05, 4.69) is 35.2 Å². The third kappa shape index (κ3) is 3.89. The van der Waals surface area contributed by atoms with Gasteiger partial charge in [-0.1, -0.05) is 6.07 Å². The molecule has 3 rings (SSSR count). The van der Waals surface area contributed by atoms with Crippen LogP contribution in [0.4, 0.5) is 0 Å². The number of H-pyrrole nitrogens is 1. The predicted molar refractivity (Wildman–Crippen MR) is 87.2 cm³/mol. The molecular weight excluding hydrogens is 294 g/mol. The fourth-order valence-corrected chi connectivity index (χ4v) is 2.74. The molecule has 1 aliphatic heterocycles. The lowest BCUT2D eigenvalue weighted by atomic mass is 10.1. The maximum atomic E-state index is 11.8. The van der Waals surface area contributed by atoms with Crippen LogP contribution in [0.15, 0.2) is 12.1 Å². The Bertz CT molecular complexity index is 690. The molecule has 2 N–H and O–H groups in total. The van der Waals surface area contributed by atoms with Crippen LogP contribution >= 0.6 is 0 Å². The van der Waals surface area contributed by atoms with Crippen LogP contribution in [0.3, 0.4) is 0 Å². The molecule has 1 amide bonds. The number of rotatable bonds is 6. The molecule has 1 aliphatic rings. The van der Waals surface area contributed by atoms with Gasteiger partial charge in [-0.25, -0.2) is 4.98 Å². The van der Waals surface area contributed by atoms with Crippen molar-refractivity contribution in [3.63, 3.8) is 0 Å². The van der Waals surface area contributed by atoms with Crippen LogP contribution < -0.4 is 5.32 Å². The number of ether oxygens (including phenoxy) is 2. The lowest BCUT2D eigenvalue weighted by molar-refractivity contribution is -0.127. The zero-order valence-corrected chi connectivity index (χ0v) is 13.6. The summed E-state index contributed by atoms with van der Waals surface area (Å²) in [7, 11) is 0. The second kappa shape index (κ2) is 7.10. The predicted octanol–water partition coefficient (Wildman–Crippen LogP) is 1.99. The summed E-state index contributed by atoms with van der Waals surface area (Å²) in [5.41, 5.74) is 4.33. The first-order valence-electron chi connectivity index (χ1n) is 8.04. The van der Waals surface area contributed by atoms with Gasteiger partial charge >= 0.3 is 0 Å². The van der Waals surface area contributed by atoms with Crippen molar-refractivity contribution in [2.75, 3.05) is 19.8 Å². The van der Waals surface area contributed by atoms with Crippen molar-refractivity contribution in [1.29, 1.82) is 0 Å². The van der Waals surface area contributed by atoms with Gasteiger partial charge in [-0.05, 0) is 43.9 Å². The first-order valence-corrected chi connectivity index (χ1v) is 8.04. The summed E-state index contributed by atoms with van der Waals surface area (Å²) in [5, 5.41) is 2.82. The van der Waals surface area contributed by atoms with E-state index in [-0.39, 0.29) is 18.6 Å². The highest BCUT2D eigenvalue weighted by Crippen LogP contribution is 2.19. The third-order valence-electron chi connectivity index (χ3n) is 4.24. The van der Waals surface area contributed by atoms with E-state index in [0.717, 1.165) is 41.9 Å². The van der Waals surface area contributed by atoms with Crippen LogP contribution in [0.2, 0.25) is 0 Å². The number of aromatic nitrogens is 2. The Hall–Kier alpha value is -1.92. The standard InChI is InChI=1S/C17H23N3O3/c1-11-5-6-14-17(12(11)2)20-15(19-14)8-18-16(21)10-22-9-13-4-3-7-23-13/h5-6,13H,3-4,7-10H2,1-2H3,(H,18,21)(H,19,20)/t13-/m0/s1. The van der Waals surface area contributed by atoms with E-state index in [1.807, 2.05) is 6.07 Å². The Morgan fingerprint density at radius 1 is 1.48 bits per heavy atom. The Morgan fingerprint density at radius 2 is 2.35 bits per heavy atom. The normalized spacial score (nSPS) is 17.7. The summed E-state index contributed by atoms with van der Waals surface area (Å²) in [5.74, 6) is 0.609. The molecule has 0 spiro atoms.